The second kappa shape index (κ2) is 8.11. The van der Waals surface area contributed by atoms with Crippen molar-refractivity contribution in [2.75, 3.05) is 20.2 Å². The molecule has 3 aromatic rings. The first-order valence-corrected chi connectivity index (χ1v) is 9.98. The van der Waals surface area contributed by atoms with Crippen molar-refractivity contribution >= 4 is 17.1 Å². The maximum absolute atomic E-state index is 12.9. The Kier molecular flexibility index (Phi) is 5.38. The van der Waals surface area contributed by atoms with Crippen LogP contribution in [0.1, 0.15) is 43.1 Å². The van der Waals surface area contributed by atoms with E-state index in [4.69, 9.17) is 9.47 Å². The van der Waals surface area contributed by atoms with Crippen molar-refractivity contribution < 1.29 is 14.3 Å². The molecule has 1 aliphatic heterocycles. The molecular formula is C22H26N4O3. The van der Waals surface area contributed by atoms with Gasteiger partial charge in [0.25, 0.3) is 5.91 Å². The average molecular weight is 394 g/mol. The normalized spacial score (nSPS) is 15.1. The number of carbonyl (C=O) groups excluding carboxylic acids is 1. The Hall–Kier alpha value is -3.09. The molecule has 1 saturated heterocycles. The quantitative estimate of drug-likeness (QED) is 0.660. The van der Waals surface area contributed by atoms with Crippen LogP contribution in [0.5, 0.6) is 11.5 Å². The lowest BCUT2D eigenvalue weighted by molar-refractivity contribution is 0.0590. The third-order valence-corrected chi connectivity index (χ3v) is 5.31. The fourth-order valence-corrected chi connectivity index (χ4v) is 3.67. The van der Waals surface area contributed by atoms with Crippen LogP contribution in [0.25, 0.3) is 11.2 Å². The standard InChI is InChI=1S/C22H26N4O3/c1-15(2)26-14-24-18-12-16(13-23-21(18)26)22(27)25-10-8-17(9-11-25)29-20-7-5-4-6-19(20)28-3/h4-7,12-15,17H,8-11H2,1-3H3. The van der Waals surface area contributed by atoms with Gasteiger partial charge in [-0.05, 0) is 32.0 Å². The van der Waals surface area contributed by atoms with Gasteiger partial charge in [-0.1, -0.05) is 12.1 Å². The van der Waals surface area contributed by atoms with Gasteiger partial charge in [0, 0.05) is 38.2 Å². The van der Waals surface area contributed by atoms with Gasteiger partial charge >= 0.3 is 0 Å². The molecule has 3 heterocycles. The van der Waals surface area contributed by atoms with E-state index in [1.807, 2.05) is 39.8 Å². The maximum atomic E-state index is 12.9. The molecular weight excluding hydrogens is 368 g/mol. The van der Waals surface area contributed by atoms with E-state index in [9.17, 15) is 4.79 Å². The zero-order valence-electron chi connectivity index (χ0n) is 17.0. The lowest BCUT2D eigenvalue weighted by atomic mass is 10.1. The molecule has 1 aromatic carbocycles. The molecule has 1 amide bonds. The summed E-state index contributed by atoms with van der Waals surface area (Å²) in [5, 5.41) is 0. The van der Waals surface area contributed by atoms with Gasteiger partial charge < -0.3 is 18.9 Å². The van der Waals surface area contributed by atoms with Gasteiger partial charge in [0.1, 0.15) is 11.6 Å². The number of aromatic nitrogens is 3. The lowest BCUT2D eigenvalue weighted by Gasteiger charge is -2.32. The van der Waals surface area contributed by atoms with Crippen LogP contribution in [-0.4, -0.2) is 51.6 Å². The van der Waals surface area contributed by atoms with Gasteiger partial charge in [-0.2, -0.15) is 0 Å². The van der Waals surface area contributed by atoms with E-state index in [-0.39, 0.29) is 18.1 Å². The van der Waals surface area contributed by atoms with Gasteiger partial charge in [-0.3, -0.25) is 4.79 Å². The number of fused-ring (bicyclic) bond motifs is 1. The van der Waals surface area contributed by atoms with E-state index in [1.165, 1.54) is 0 Å². The highest BCUT2D eigenvalue weighted by Gasteiger charge is 2.26. The zero-order valence-corrected chi connectivity index (χ0v) is 17.0. The van der Waals surface area contributed by atoms with Crippen LogP contribution in [0, 0.1) is 0 Å². The lowest BCUT2D eigenvalue weighted by Crippen LogP contribution is -2.41. The number of ether oxygens (including phenoxy) is 2. The van der Waals surface area contributed by atoms with Gasteiger partial charge in [0.2, 0.25) is 0 Å². The topological polar surface area (TPSA) is 69.5 Å². The molecule has 0 radical (unpaired) electrons. The van der Waals surface area contributed by atoms with Crippen LogP contribution < -0.4 is 9.47 Å². The molecule has 0 N–H and O–H groups in total. The van der Waals surface area contributed by atoms with Crippen molar-refractivity contribution in [1.82, 2.24) is 19.4 Å². The number of hydrogen-bond acceptors (Lipinski definition) is 5. The number of nitrogens with zero attached hydrogens (tertiary/aromatic N) is 4. The molecule has 4 rings (SSSR count). The molecule has 1 aliphatic rings. The first kappa shape index (κ1) is 19.2. The summed E-state index contributed by atoms with van der Waals surface area (Å²) in [5.74, 6) is 1.47. The summed E-state index contributed by atoms with van der Waals surface area (Å²) in [6.07, 6.45) is 5.06. The number of imidazole rings is 1. The minimum absolute atomic E-state index is 0.00533. The molecule has 0 bridgehead atoms. The van der Waals surface area contributed by atoms with Gasteiger partial charge in [0.05, 0.1) is 19.0 Å². The van der Waals surface area contributed by atoms with Crippen LogP contribution in [-0.2, 0) is 0 Å². The molecule has 0 unspecified atom stereocenters. The van der Waals surface area contributed by atoms with E-state index in [2.05, 4.69) is 23.8 Å². The number of piperidine rings is 1. The second-order valence-electron chi connectivity index (χ2n) is 7.57. The summed E-state index contributed by atoms with van der Waals surface area (Å²) >= 11 is 0. The molecule has 2 aromatic heterocycles. The van der Waals surface area contributed by atoms with Crippen LogP contribution in [0.4, 0.5) is 0 Å². The third kappa shape index (κ3) is 3.90. The molecule has 1 fully saturated rings. The Morgan fingerprint density at radius 3 is 2.55 bits per heavy atom. The fraction of sp³-hybridized carbons (Fsp3) is 0.409. The number of benzene rings is 1. The molecule has 152 valence electrons. The highest BCUT2D eigenvalue weighted by atomic mass is 16.5. The molecule has 29 heavy (non-hydrogen) atoms. The number of pyridine rings is 1. The zero-order chi connectivity index (χ0) is 20.4. The highest BCUT2D eigenvalue weighted by molar-refractivity contribution is 5.96. The van der Waals surface area contributed by atoms with Crippen molar-refractivity contribution in [2.45, 2.75) is 38.8 Å². The molecule has 0 spiro atoms. The summed E-state index contributed by atoms with van der Waals surface area (Å²) in [4.78, 5) is 23.7. The van der Waals surface area contributed by atoms with Crippen molar-refractivity contribution in [3.63, 3.8) is 0 Å². The number of carbonyl (C=O) groups is 1. The largest absolute Gasteiger partial charge is 0.493 e. The number of hydrogen-bond donors (Lipinski definition) is 0. The Morgan fingerprint density at radius 2 is 1.86 bits per heavy atom. The number of likely N-dealkylation sites (tertiary alicyclic amines) is 1. The summed E-state index contributed by atoms with van der Waals surface area (Å²) in [6.45, 7) is 5.46. The average Bonchev–Trinajstić information content (AvgIpc) is 3.18. The van der Waals surface area contributed by atoms with Gasteiger partial charge in [-0.25, -0.2) is 9.97 Å². The number of methoxy groups -OCH3 is 1. The monoisotopic (exact) mass is 394 g/mol. The molecule has 0 atom stereocenters. The molecule has 0 aliphatic carbocycles. The summed E-state index contributed by atoms with van der Waals surface area (Å²) in [7, 11) is 1.64. The van der Waals surface area contributed by atoms with E-state index in [0.717, 1.165) is 35.5 Å². The van der Waals surface area contributed by atoms with E-state index < -0.39 is 0 Å². The van der Waals surface area contributed by atoms with E-state index >= 15 is 0 Å². The van der Waals surface area contributed by atoms with Crippen molar-refractivity contribution in [2.24, 2.45) is 0 Å². The Labute approximate surface area is 170 Å². The third-order valence-electron chi connectivity index (χ3n) is 5.31. The van der Waals surface area contributed by atoms with Crippen LogP contribution >= 0.6 is 0 Å². The van der Waals surface area contributed by atoms with Gasteiger partial charge in [-0.15, -0.1) is 0 Å². The Balaban J connectivity index is 1.40. The predicted molar refractivity (Wildman–Crippen MR) is 110 cm³/mol. The number of rotatable bonds is 5. The maximum Gasteiger partial charge on any atom is 0.255 e. The second-order valence-corrected chi connectivity index (χ2v) is 7.57. The minimum Gasteiger partial charge on any atom is -0.493 e. The summed E-state index contributed by atoms with van der Waals surface area (Å²) in [6, 6.07) is 9.76. The Morgan fingerprint density at radius 1 is 1.14 bits per heavy atom. The molecule has 7 heteroatoms. The minimum atomic E-state index is -0.00533. The van der Waals surface area contributed by atoms with Crippen LogP contribution in [0.2, 0.25) is 0 Å². The van der Waals surface area contributed by atoms with E-state index in [0.29, 0.717) is 18.7 Å². The Bertz CT molecular complexity index is 1010. The van der Waals surface area contributed by atoms with Crippen molar-refractivity contribution in [3.05, 3.63) is 48.4 Å². The van der Waals surface area contributed by atoms with Crippen LogP contribution in [0.3, 0.4) is 0 Å². The smallest absolute Gasteiger partial charge is 0.255 e. The van der Waals surface area contributed by atoms with Crippen molar-refractivity contribution in [1.29, 1.82) is 0 Å². The first-order valence-electron chi connectivity index (χ1n) is 9.98. The van der Waals surface area contributed by atoms with E-state index in [1.54, 1.807) is 19.6 Å². The predicted octanol–water partition coefficient (Wildman–Crippen LogP) is 3.70. The van der Waals surface area contributed by atoms with Crippen LogP contribution in [0.15, 0.2) is 42.9 Å². The number of amides is 1. The first-order chi connectivity index (χ1) is 14.1. The summed E-state index contributed by atoms with van der Waals surface area (Å²) < 4.78 is 13.5. The van der Waals surface area contributed by atoms with Gasteiger partial charge in [0.15, 0.2) is 17.1 Å². The SMILES string of the molecule is COc1ccccc1OC1CCN(C(=O)c2cnc3c(c2)ncn3C(C)C)CC1. The highest BCUT2D eigenvalue weighted by Crippen LogP contribution is 2.29. The number of para-hydroxylation sites is 2. The molecule has 7 nitrogen and oxygen atoms in total. The van der Waals surface area contributed by atoms with Crippen molar-refractivity contribution in [3.8, 4) is 11.5 Å². The summed E-state index contributed by atoms with van der Waals surface area (Å²) in [5.41, 5.74) is 2.13. The fourth-order valence-electron chi connectivity index (χ4n) is 3.67. The molecule has 0 saturated carbocycles.